The van der Waals surface area contributed by atoms with Gasteiger partial charge in [-0.05, 0) is 43.7 Å². The molecule has 0 amide bonds. The zero-order chi connectivity index (χ0) is 15.4. The first-order valence-corrected chi connectivity index (χ1v) is 8.99. The van der Waals surface area contributed by atoms with E-state index in [9.17, 15) is 0 Å². The highest BCUT2D eigenvalue weighted by molar-refractivity contribution is 7.15. The molecule has 1 atom stereocenters. The smallest absolute Gasteiger partial charge is 0.0522 e. The van der Waals surface area contributed by atoms with Crippen molar-refractivity contribution in [3.05, 3.63) is 44.2 Å². The first kappa shape index (κ1) is 17.1. The highest BCUT2D eigenvalue weighted by atomic mass is 35.5. The molecule has 2 aromatic rings. The Labute approximate surface area is 145 Å². The molecule has 21 heavy (non-hydrogen) atoms. The summed E-state index contributed by atoms with van der Waals surface area (Å²) in [7, 11) is 0. The summed E-state index contributed by atoms with van der Waals surface area (Å²) in [5, 5.41) is 5.30. The van der Waals surface area contributed by atoms with Crippen molar-refractivity contribution >= 4 is 46.1 Å². The van der Waals surface area contributed by atoms with Crippen molar-refractivity contribution in [1.82, 2.24) is 5.32 Å². The Hall–Kier alpha value is -0.250. The molecular weight excluding hydrogens is 345 g/mol. The third kappa shape index (κ3) is 4.14. The molecular formula is C16H18Cl3NS. The largest absolute Gasteiger partial charge is 0.309 e. The molecule has 0 saturated heterocycles. The first-order valence-electron chi connectivity index (χ1n) is 7.04. The predicted molar refractivity (Wildman–Crippen MR) is 96.1 cm³/mol. The number of hydrogen-bond acceptors (Lipinski definition) is 2. The van der Waals surface area contributed by atoms with Crippen LogP contribution in [0.4, 0.5) is 0 Å². The first-order chi connectivity index (χ1) is 10.1. The molecule has 5 heteroatoms. The second-order valence-corrected chi connectivity index (χ2v) is 7.23. The summed E-state index contributed by atoms with van der Waals surface area (Å²) >= 11 is 20.3. The number of hydrogen-bond donors (Lipinski definition) is 1. The third-order valence-corrected chi connectivity index (χ3v) is 5.30. The Morgan fingerprint density at radius 1 is 1.10 bits per heavy atom. The molecule has 1 aromatic carbocycles. The van der Waals surface area contributed by atoms with Gasteiger partial charge in [0.2, 0.25) is 0 Å². The van der Waals surface area contributed by atoms with Gasteiger partial charge in [-0.15, -0.1) is 11.3 Å². The predicted octanol–water partition coefficient (Wildman–Crippen LogP) is 6.83. The van der Waals surface area contributed by atoms with Gasteiger partial charge in [0.1, 0.15) is 0 Å². The van der Waals surface area contributed by atoms with Gasteiger partial charge in [0.25, 0.3) is 0 Å². The van der Waals surface area contributed by atoms with Crippen LogP contribution in [-0.4, -0.2) is 6.54 Å². The Balaban J connectivity index is 2.31. The standard InChI is InChI=1S/C16H18Cl3NS/c1-3-7-20-13(4-2)14-5-6-15(21-14)16-11(18)8-10(17)9-12(16)19/h5-6,8-9,13,20H,3-4,7H2,1-2H3. The summed E-state index contributed by atoms with van der Waals surface area (Å²) < 4.78 is 0. The normalized spacial score (nSPS) is 12.6. The number of rotatable bonds is 6. The van der Waals surface area contributed by atoms with Crippen LogP contribution in [-0.2, 0) is 0 Å². The minimum absolute atomic E-state index is 0.383. The highest BCUT2D eigenvalue weighted by Crippen LogP contribution is 2.41. The number of thiophene rings is 1. The van der Waals surface area contributed by atoms with Crippen LogP contribution < -0.4 is 5.32 Å². The fourth-order valence-corrected chi connectivity index (χ4v) is 4.59. The van der Waals surface area contributed by atoms with Gasteiger partial charge in [-0.25, -0.2) is 0 Å². The Kier molecular flexibility index (Phi) is 6.39. The summed E-state index contributed by atoms with van der Waals surface area (Å²) in [5.74, 6) is 0. The van der Waals surface area contributed by atoms with E-state index in [1.165, 1.54) is 4.88 Å². The van der Waals surface area contributed by atoms with E-state index in [-0.39, 0.29) is 0 Å². The molecule has 0 spiro atoms. The highest BCUT2D eigenvalue weighted by Gasteiger charge is 2.16. The number of halogens is 3. The van der Waals surface area contributed by atoms with E-state index in [4.69, 9.17) is 34.8 Å². The molecule has 0 bridgehead atoms. The zero-order valence-electron chi connectivity index (χ0n) is 12.1. The van der Waals surface area contributed by atoms with Crippen LogP contribution in [0.2, 0.25) is 15.1 Å². The lowest BCUT2D eigenvalue weighted by Crippen LogP contribution is -2.20. The molecule has 0 aliphatic carbocycles. The molecule has 0 aliphatic heterocycles. The van der Waals surface area contributed by atoms with Crippen LogP contribution in [0, 0.1) is 0 Å². The second-order valence-electron chi connectivity index (χ2n) is 4.86. The van der Waals surface area contributed by atoms with E-state index in [0.29, 0.717) is 21.1 Å². The summed E-state index contributed by atoms with van der Waals surface area (Å²) in [6.07, 6.45) is 2.19. The van der Waals surface area contributed by atoms with Crippen LogP contribution in [0.5, 0.6) is 0 Å². The van der Waals surface area contributed by atoms with Gasteiger partial charge < -0.3 is 5.32 Å². The maximum Gasteiger partial charge on any atom is 0.0522 e. The topological polar surface area (TPSA) is 12.0 Å². The van der Waals surface area contributed by atoms with Crippen molar-refractivity contribution in [2.24, 2.45) is 0 Å². The van der Waals surface area contributed by atoms with E-state index in [0.717, 1.165) is 29.8 Å². The minimum Gasteiger partial charge on any atom is -0.309 e. The lowest BCUT2D eigenvalue weighted by molar-refractivity contribution is 0.525. The van der Waals surface area contributed by atoms with Crippen molar-refractivity contribution in [3.8, 4) is 10.4 Å². The van der Waals surface area contributed by atoms with Crippen LogP contribution in [0.3, 0.4) is 0 Å². The summed E-state index contributed by atoms with van der Waals surface area (Å²) in [5.41, 5.74) is 0.865. The van der Waals surface area contributed by atoms with Gasteiger partial charge >= 0.3 is 0 Å². The van der Waals surface area contributed by atoms with Crippen LogP contribution in [0.1, 0.15) is 37.6 Å². The lowest BCUT2D eigenvalue weighted by Gasteiger charge is -2.14. The molecule has 0 fully saturated rings. The molecule has 0 saturated carbocycles. The summed E-state index contributed by atoms with van der Waals surface area (Å²) in [6, 6.07) is 8.08. The van der Waals surface area contributed by atoms with E-state index in [1.54, 1.807) is 23.5 Å². The van der Waals surface area contributed by atoms with E-state index in [2.05, 4.69) is 31.3 Å². The van der Waals surface area contributed by atoms with E-state index in [1.807, 2.05) is 0 Å². The van der Waals surface area contributed by atoms with Crippen LogP contribution in [0.25, 0.3) is 10.4 Å². The van der Waals surface area contributed by atoms with Gasteiger partial charge in [0.15, 0.2) is 0 Å². The summed E-state index contributed by atoms with van der Waals surface area (Å²) in [4.78, 5) is 2.39. The fraction of sp³-hybridized carbons (Fsp3) is 0.375. The monoisotopic (exact) mass is 361 g/mol. The van der Waals surface area contributed by atoms with Crippen molar-refractivity contribution in [2.75, 3.05) is 6.54 Å². The summed E-state index contributed by atoms with van der Waals surface area (Å²) in [6.45, 7) is 5.38. The molecule has 0 radical (unpaired) electrons. The lowest BCUT2D eigenvalue weighted by atomic mass is 10.1. The molecule has 114 valence electrons. The third-order valence-electron chi connectivity index (χ3n) is 3.27. The van der Waals surface area contributed by atoms with Gasteiger partial charge in [-0.3, -0.25) is 0 Å². The fourth-order valence-electron chi connectivity index (χ4n) is 2.22. The molecule has 1 nitrogen and oxygen atoms in total. The van der Waals surface area contributed by atoms with Crippen molar-refractivity contribution in [3.63, 3.8) is 0 Å². The maximum atomic E-state index is 6.30. The van der Waals surface area contributed by atoms with Crippen molar-refractivity contribution in [2.45, 2.75) is 32.7 Å². The van der Waals surface area contributed by atoms with Crippen LogP contribution >= 0.6 is 46.1 Å². The van der Waals surface area contributed by atoms with E-state index < -0.39 is 0 Å². The van der Waals surface area contributed by atoms with E-state index >= 15 is 0 Å². The van der Waals surface area contributed by atoms with Gasteiger partial charge in [0.05, 0.1) is 10.0 Å². The molecule has 1 N–H and O–H groups in total. The van der Waals surface area contributed by atoms with Gasteiger partial charge in [-0.1, -0.05) is 48.7 Å². The minimum atomic E-state index is 0.383. The molecule has 0 aliphatic rings. The Bertz CT molecular complexity index is 586. The molecule has 1 unspecified atom stereocenters. The average molecular weight is 363 g/mol. The molecule has 1 aromatic heterocycles. The quantitative estimate of drug-likeness (QED) is 0.594. The van der Waals surface area contributed by atoms with Crippen molar-refractivity contribution < 1.29 is 0 Å². The van der Waals surface area contributed by atoms with Crippen LogP contribution in [0.15, 0.2) is 24.3 Å². The molecule has 1 heterocycles. The Morgan fingerprint density at radius 3 is 2.33 bits per heavy atom. The number of nitrogens with one attached hydrogen (secondary N) is 1. The van der Waals surface area contributed by atoms with Crippen molar-refractivity contribution in [1.29, 1.82) is 0 Å². The second kappa shape index (κ2) is 7.85. The van der Waals surface area contributed by atoms with Gasteiger partial charge in [0, 0.05) is 26.4 Å². The zero-order valence-corrected chi connectivity index (χ0v) is 15.1. The SMILES string of the molecule is CCCNC(CC)c1ccc(-c2c(Cl)cc(Cl)cc2Cl)s1. The maximum absolute atomic E-state index is 6.30. The molecule has 2 rings (SSSR count). The van der Waals surface area contributed by atoms with Gasteiger partial charge in [-0.2, -0.15) is 0 Å². The Morgan fingerprint density at radius 2 is 1.76 bits per heavy atom. The average Bonchev–Trinajstić information content (AvgIpc) is 2.88. The number of benzene rings is 1.